The Bertz CT molecular complexity index is 868. The Balaban J connectivity index is 1.96. The molecule has 0 spiro atoms. The minimum atomic E-state index is -0.155. The summed E-state index contributed by atoms with van der Waals surface area (Å²) in [4.78, 5) is 14.8. The van der Waals surface area contributed by atoms with Crippen LogP contribution in [0.1, 0.15) is 21.5 Å². The number of fused-ring (bicyclic) bond motifs is 1. The Morgan fingerprint density at radius 1 is 0.889 bits per heavy atom. The molecule has 0 saturated carbocycles. The monoisotopic (exact) mass is 369 g/mol. The van der Waals surface area contributed by atoms with Crippen molar-refractivity contribution in [3.63, 3.8) is 0 Å². The molecular formula is C21H23NO5. The zero-order valence-electron chi connectivity index (χ0n) is 16.0. The van der Waals surface area contributed by atoms with Crippen molar-refractivity contribution >= 4 is 11.6 Å². The number of benzene rings is 2. The number of ether oxygens (including phenoxy) is 4. The molecule has 0 N–H and O–H groups in total. The topological polar surface area (TPSA) is 57.2 Å². The molecule has 6 nitrogen and oxygen atoms in total. The molecule has 0 atom stereocenters. The quantitative estimate of drug-likeness (QED) is 0.809. The zero-order valence-corrected chi connectivity index (χ0v) is 16.0. The maximum atomic E-state index is 13.1. The highest BCUT2D eigenvalue weighted by molar-refractivity contribution is 6.00. The molecule has 0 radical (unpaired) electrons. The average Bonchev–Trinajstić information content (AvgIpc) is 2.72. The van der Waals surface area contributed by atoms with Crippen LogP contribution in [0.2, 0.25) is 0 Å². The Hall–Kier alpha value is -3.15. The van der Waals surface area contributed by atoms with Gasteiger partial charge in [-0.05, 0) is 36.2 Å². The second-order valence-electron chi connectivity index (χ2n) is 6.12. The Morgan fingerprint density at radius 3 is 2.04 bits per heavy atom. The van der Waals surface area contributed by atoms with E-state index < -0.39 is 0 Å². The Morgan fingerprint density at radius 2 is 1.48 bits per heavy atom. The lowest BCUT2D eigenvalue weighted by Crippen LogP contribution is -2.34. The molecule has 2 aromatic carbocycles. The molecule has 0 aromatic heterocycles. The number of nitrogens with zero attached hydrogens (tertiary/aromatic N) is 1. The summed E-state index contributed by atoms with van der Waals surface area (Å²) in [5.74, 6) is 2.24. The van der Waals surface area contributed by atoms with Gasteiger partial charge in [0.2, 0.25) is 0 Å². The third kappa shape index (κ3) is 3.43. The number of amides is 1. The van der Waals surface area contributed by atoms with Gasteiger partial charge in [0.1, 0.15) is 11.5 Å². The molecular weight excluding hydrogens is 346 g/mol. The maximum absolute atomic E-state index is 13.1. The van der Waals surface area contributed by atoms with Crippen LogP contribution in [0.25, 0.3) is 5.70 Å². The molecule has 3 rings (SSSR count). The van der Waals surface area contributed by atoms with Crippen molar-refractivity contribution in [2.75, 3.05) is 35.0 Å². The van der Waals surface area contributed by atoms with Crippen LogP contribution >= 0.6 is 0 Å². The molecule has 0 fully saturated rings. The van der Waals surface area contributed by atoms with Crippen molar-refractivity contribution < 1.29 is 23.7 Å². The predicted molar refractivity (Wildman–Crippen MR) is 103 cm³/mol. The van der Waals surface area contributed by atoms with Crippen molar-refractivity contribution in [3.05, 3.63) is 53.6 Å². The van der Waals surface area contributed by atoms with Gasteiger partial charge in [0, 0.05) is 29.4 Å². The minimum Gasteiger partial charge on any atom is -0.497 e. The number of carbonyl (C=O) groups is 1. The summed E-state index contributed by atoms with van der Waals surface area (Å²) in [6, 6.07) is 8.93. The lowest BCUT2D eigenvalue weighted by atomic mass is 9.95. The van der Waals surface area contributed by atoms with E-state index in [9.17, 15) is 4.79 Å². The van der Waals surface area contributed by atoms with Gasteiger partial charge in [-0.1, -0.05) is 6.58 Å². The Labute approximate surface area is 158 Å². The first kappa shape index (κ1) is 18.6. The standard InChI is InChI=1S/C21H23NO5/c1-13-18-12-20(27-5)19(26-4)10-14(18)6-7-22(13)21(23)15-8-16(24-2)11-17(9-15)25-3/h8-12H,1,6-7H2,2-5H3. The number of rotatable bonds is 5. The van der Waals surface area contributed by atoms with Gasteiger partial charge in [-0.15, -0.1) is 0 Å². The van der Waals surface area contributed by atoms with Crippen molar-refractivity contribution in [1.82, 2.24) is 4.90 Å². The average molecular weight is 369 g/mol. The molecule has 0 unspecified atom stereocenters. The molecule has 27 heavy (non-hydrogen) atoms. The second kappa shape index (κ2) is 7.61. The smallest absolute Gasteiger partial charge is 0.258 e. The summed E-state index contributed by atoms with van der Waals surface area (Å²) in [7, 11) is 6.30. The van der Waals surface area contributed by atoms with Crippen LogP contribution in [0.15, 0.2) is 36.9 Å². The molecule has 1 heterocycles. The van der Waals surface area contributed by atoms with E-state index >= 15 is 0 Å². The molecule has 142 valence electrons. The lowest BCUT2D eigenvalue weighted by Gasteiger charge is -2.31. The van der Waals surface area contributed by atoms with Gasteiger partial charge in [-0.2, -0.15) is 0 Å². The van der Waals surface area contributed by atoms with E-state index in [4.69, 9.17) is 18.9 Å². The van der Waals surface area contributed by atoms with Crippen LogP contribution in [0, 0.1) is 0 Å². The van der Waals surface area contributed by atoms with E-state index in [2.05, 4.69) is 6.58 Å². The normalized spacial score (nSPS) is 13.0. The van der Waals surface area contributed by atoms with Gasteiger partial charge in [0.25, 0.3) is 5.91 Å². The minimum absolute atomic E-state index is 0.155. The zero-order chi connectivity index (χ0) is 19.6. The summed E-state index contributed by atoms with van der Waals surface area (Å²) >= 11 is 0. The SMILES string of the molecule is C=C1c2cc(OC)c(OC)cc2CCN1C(=O)c1cc(OC)cc(OC)c1. The van der Waals surface area contributed by atoms with Crippen molar-refractivity contribution in [3.8, 4) is 23.0 Å². The predicted octanol–water partition coefficient (Wildman–Crippen LogP) is 3.39. The highest BCUT2D eigenvalue weighted by atomic mass is 16.5. The Kier molecular flexibility index (Phi) is 5.26. The number of hydrogen-bond acceptors (Lipinski definition) is 5. The third-order valence-corrected chi connectivity index (χ3v) is 4.69. The highest BCUT2D eigenvalue weighted by Crippen LogP contribution is 2.37. The van der Waals surface area contributed by atoms with Crippen LogP contribution < -0.4 is 18.9 Å². The van der Waals surface area contributed by atoms with Crippen molar-refractivity contribution in [2.24, 2.45) is 0 Å². The van der Waals surface area contributed by atoms with E-state index in [1.165, 1.54) is 0 Å². The molecule has 0 bridgehead atoms. The number of methoxy groups -OCH3 is 4. The van der Waals surface area contributed by atoms with Crippen molar-refractivity contribution in [1.29, 1.82) is 0 Å². The summed E-state index contributed by atoms with van der Waals surface area (Å²) in [6.07, 6.45) is 0.696. The largest absolute Gasteiger partial charge is 0.497 e. The van der Waals surface area contributed by atoms with Gasteiger partial charge < -0.3 is 23.8 Å². The van der Waals surface area contributed by atoms with E-state index in [-0.39, 0.29) is 5.91 Å². The van der Waals surface area contributed by atoms with Gasteiger partial charge in [0.15, 0.2) is 11.5 Å². The van der Waals surface area contributed by atoms with Crippen LogP contribution in [0.5, 0.6) is 23.0 Å². The molecule has 0 saturated heterocycles. The lowest BCUT2D eigenvalue weighted by molar-refractivity contribution is 0.0832. The van der Waals surface area contributed by atoms with Crippen LogP contribution in [-0.2, 0) is 6.42 Å². The van der Waals surface area contributed by atoms with E-state index in [1.807, 2.05) is 12.1 Å². The van der Waals surface area contributed by atoms with Gasteiger partial charge >= 0.3 is 0 Å². The molecule has 6 heteroatoms. The maximum Gasteiger partial charge on any atom is 0.258 e. The summed E-state index contributed by atoms with van der Waals surface area (Å²) in [5.41, 5.74) is 3.06. The molecule has 0 aliphatic carbocycles. The van der Waals surface area contributed by atoms with E-state index in [1.54, 1.807) is 51.5 Å². The summed E-state index contributed by atoms with van der Waals surface area (Å²) in [5, 5.41) is 0. The highest BCUT2D eigenvalue weighted by Gasteiger charge is 2.27. The molecule has 1 aliphatic rings. The molecule has 1 amide bonds. The van der Waals surface area contributed by atoms with Crippen LogP contribution in [-0.4, -0.2) is 45.8 Å². The van der Waals surface area contributed by atoms with E-state index in [0.29, 0.717) is 47.2 Å². The van der Waals surface area contributed by atoms with Gasteiger partial charge in [-0.3, -0.25) is 4.79 Å². The van der Waals surface area contributed by atoms with Gasteiger partial charge in [0.05, 0.1) is 28.4 Å². The first-order chi connectivity index (χ1) is 13.0. The van der Waals surface area contributed by atoms with E-state index in [0.717, 1.165) is 11.1 Å². The van der Waals surface area contributed by atoms with Gasteiger partial charge in [-0.25, -0.2) is 0 Å². The van der Waals surface area contributed by atoms with Crippen LogP contribution in [0.4, 0.5) is 0 Å². The first-order valence-electron chi connectivity index (χ1n) is 8.51. The fourth-order valence-corrected chi connectivity index (χ4v) is 3.22. The fourth-order valence-electron chi connectivity index (χ4n) is 3.22. The third-order valence-electron chi connectivity index (χ3n) is 4.69. The molecule has 2 aromatic rings. The number of hydrogen-bond donors (Lipinski definition) is 0. The summed E-state index contributed by atoms with van der Waals surface area (Å²) < 4.78 is 21.3. The molecule has 1 aliphatic heterocycles. The van der Waals surface area contributed by atoms with Crippen LogP contribution in [0.3, 0.4) is 0 Å². The number of carbonyl (C=O) groups excluding carboxylic acids is 1. The van der Waals surface area contributed by atoms with Crippen molar-refractivity contribution in [2.45, 2.75) is 6.42 Å². The second-order valence-corrected chi connectivity index (χ2v) is 6.12. The fraction of sp³-hybridized carbons (Fsp3) is 0.286. The summed E-state index contributed by atoms with van der Waals surface area (Å²) in [6.45, 7) is 4.67. The first-order valence-corrected chi connectivity index (χ1v) is 8.51.